The summed E-state index contributed by atoms with van der Waals surface area (Å²) in [6.07, 6.45) is 5.27. The first-order chi connectivity index (χ1) is 12.5. The van der Waals surface area contributed by atoms with Crippen molar-refractivity contribution in [3.8, 4) is 0 Å². The van der Waals surface area contributed by atoms with E-state index in [9.17, 15) is 4.79 Å². The lowest BCUT2D eigenvalue weighted by molar-refractivity contribution is 0.0950. The molecule has 3 heterocycles. The fourth-order valence-corrected chi connectivity index (χ4v) is 2.87. The van der Waals surface area contributed by atoms with Gasteiger partial charge in [-0.25, -0.2) is 19.9 Å². The fourth-order valence-electron chi connectivity index (χ4n) is 2.87. The number of rotatable bonds is 5. The zero-order valence-electron chi connectivity index (χ0n) is 15.0. The molecule has 1 aliphatic rings. The molecule has 3 aromatic rings. The van der Waals surface area contributed by atoms with Gasteiger partial charge in [0.15, 0.2) is 0 Å². The van der Waals surface area contributed by atoms with Gasteiger partial charge in [0.25, 0.3) is 5.91 Å². The maximum absolute atomic E-state index is 12.8. The number of amides is 1. The second-order valence-corrected chi connectivity index (χ2v) is 6.90. The molecule has 4 rings (SSSR count). The van der Waals surface area contributed by atoms with Gasteiger partial charge in [0.05, 0.1) is 23.2 Å². The second kappa shape index (κ2) is 6.05. The van der Waals surface area contributed by atoms with Crippen LogP contribution in [-0.2, 0) is 6.54 Å². The van der Waals surface area contributed by atoms with Crippen molar-refractivity contribution in [1.29, 1.82) is 0 Å². The lowest BCUT2D eigenvalue weighted by Gasteiger charge is -2.13. The number of aryl methyl sites for hydroxylation is 2. The fraction of sp³-hybridized carbons (Fsp3) is 0.389. The summed E-state index contributed by atoms with van der Waals surface area (Å²) in [7, 11) is 0. The van der Waals surface area contributed by atoms with Crippen LogP contribution in [0.3, 0.4) is 0 Å². The van der Waals surface area contributed by atoms with Crippen LogP contribution in [0.4, 0.5) is 5.82 Å². The maximum atomic E-state index is 12.8. The highest BCUT2D eigenvalue weighted by Gasteiger charge is 2.38. The van der Waals surface area contributed by atoms with E-state index in [0.29, 0.717) is 40.6 Å². The van der Waals surface area contributed by atoms with Crippen LogP contribution in [-0.4, -0.2) is 31.4 Å². The molecule has 1 amide bonds. The van der Waals surface area contributed by atoms with Crippen molar-refractivity contribution in [2.24, 2.45) is 0 Å². The molecule has 0 spiro atoms. The van der Waals surface area contributed by atoms with Crippen molar-refractivity contribution in [3.63, 3.8) is 0 Å². The number of anilines is 1. The summed E-state index contributed by atoms with van der Waals surface area (Å²) in [6.45, 7) is 6.01. The summed E-state index contributed by atoms with van der Waals surface area (Å²) < 4.78 is 5.69. The van der Waals surface area contributed by atoms with Crippen LogP contribution in [0.1, 0.15) is 47.4 Å². The molecule has 1 aliphatic carbocycles. The van der Waals surface area contributed by atoms with Crippen LogP contribution in [0.5, 0.6) is 0 Å². The van der Waals surface area contributed by atoms with Crippen LogP contribution in [0, 0.1) is 13.8 Å². The average molecular weight is 352 g/mol. The van der Waals surface area contributed by atoms with E-state index in [2.05, 4.69) is 37.5 Å². The SMILES string of the molecule is Cc1nccc(CNC(=O)c2c(C)oc3ncnc(NC4(C)CC4)c23)n1. The number of carbonyl (C=O) groups excluding carboxylic acids is 1. The molecule has 0 aliphatic heterocycles. The van der Waals surface area contributed by atoms with Gasteiger partial charge >= 0.3 is 0 Å². The molecule has 8 nitrogen and oxygen atoms in total. The summed E-state index contributed by atoms with van der Waals surface area (Å²) in [6, 6.07) is 1.78. The van der Waals surface area contributed by atoms with Gasteiger partial charge in [-0.1, -0.05) is 0 Å². The van der Waals surface area contributed by atoms with Crippen LogP contribution in [0.25, 0.3) is 11.1 Å². The Morgan fingerprint density at radius 2 is 2.08 bits per heavy atom. The summed E-state index contributed by atoms with van der Waals surface area (Å²) in [4.78, 5) is 29.7. The Kier molecular flexibility index (Phi) is 3.82. The molecule has 1 fully saturated rings. The molecule has 0 saturated heterocycles. The molecule has 0 bridgehead atoms. The number of nitrogens with one attached hydrogen (secondary N) is 2. The van der Waals surface area contributed by atoms with Gasteiger partial charge in [0.2, 0.25) is 5.71 Å². The number of aromatic nitrogens is 4. The van der Waals surface area contributed by atoms with Crippen LogP contribution < -0.4 is 10.6 Å². The second-order valence-electron chi connectivity index (χ2n) is 6.90. The maximum Gasteiger partial charge on any atom is 0.255 e. The highest BCUT2D eigenvalue weighted by Crippen LogP contribution is 2.40. The molecule has 0 atom stereocenters. The van der Waals surface area contributed by atoms with Crippen LogP contribution >= 0.6 is 0 Å². The van der Waals surface area contributed by atoms with Crippen molar-refractivity contribution in [1.82, 2.24) is 25.3 Å². The smallest absolute Gasteiger partial charge is 0.255 e. The quantitative estimate of drug-likeness (QED) is 0.727. The van der Waals surface area contributed by atoms with E-state index < -0.39 is 0 Å². The third-order valence-corrected chi connectivity index (χ3v) is 4.58. The van der Waals surface area contributed by atoms with Gasteiger partial charge in [-0.05, 0) is 39.7 Å². The van der Waals surface area contributed by atoms with Crippen molar-refractivity contribution in [2.45, 2.75) is 45.7 Å². The van der Waals surface area contributed by atoms with E-state index in [4.69, 9.17) is 4.42 Å². The monoisotopic (exact) mass is 352 g/mol. The zero-order valence-corrected chi connectivity index (χ0v) is 15.0. The van der Waals surface area contributed by atoms with E-state index in [1.165, 1.54) is 6.33 Å². The largest absolute Gasteiger partial charge is 0.442 e. The molecular formula is C18H20N6O2. The molecule has 0 unspecified atom stereocenters. The molecule has 134 valence electrons. The lowest BCUT2D eigenvalue weighted by atomic mass is 10.1. The van der Waals surface area contributed by atoms with Crippen molar-refractivity contribution < 1.29 is 9.21 Å². The Morgan fingerprint density at radius 1 is 1.27 bits per heavy atom. The molecule has 1 saturated carbocycles. The summed E-state index contributed by atoms with van der Waals surface area (Å²) in [5.74, 6) is 1.58. The minimum absolute atomic E-state index is 0.0265. The Hall–Kier alpha value is -3.03. The normalized spacial score (nSPS) is 15.0. The van der Waals surface area contributed by atoms with E-state index in [0.717, 1.165) is 18.5 Å². The standard InChI is InChI=1S/C18H20N6O2/c1-10-13(16(25)20-8-12-4-7-19-11(2)23-12)14-15(24-18(3)5-6-18)21-9-22-17(14)26-10/h4,7,9H,5-6,8H2,1-3H3,(H,20,25)(H,21,22,24). The first-order valence-electron chi connectivity index (χ1n) is 8.54. The minimum Gasteiger partial charge on any atom is -0.442 e. The number of hydrogen-bond donors (Lipinski definition) is 2. The van der Waals surface area contributed by atoms with Crippen molar-refractivity contribution >= 4 is 22.8 Å². The van der Waals surface area contributed by atoms with Crippen LogP contribution in [0.15, 0.2) is 23.0 Å². The number of hydrogen-bond acceptors (Lipinski definition) is 7. The van der Waals surface area contributed by atoms with E-state index in [1.807, 2.05) is 6.92 Å². The van der Waals surface area contributed by atoms with Crippen molar-refractivity contribution in [3.05, 3.63) is 41.4 Å². The highest BCUT2D eigenvalue weighted by molar-refractivity contribution is 6.10. The van der Waals surface area contributed by atoms with Gasteiger partial charge in [-0.3, -0.25) is 4.79 Å². The molecule has 26 heavy (non-hydrogen) atoms. The van der Waals surface area contributed by atoms with Gasteiger partial charge in [0, 0.05) is 11.7 Å². The van der Waals surface area contributed by atoms with Gasteiger partial charge < -0.3 is 15.1 Å². The Labute approximate surface area is 150 Å². The molecule has 0 aromatic carbocycles. The molecular weight excluding hydrogens is 332 g/mol. The lowest BCUT2D eigenvalue weighted by Crippen LogP contribution is -2.24. The molecule has 0 radical (unpaired) electrons. The van der Waals surface area contributed by atoms with E-state index >= 15 is 0 Å². The van der Waals surface area contributed by atoms with Crippen LogP contribution in [0.2, 0.25) is 0 Å². The first kappa shape index (κ1) is 16.4. The van der Waals surface area contributed by atoms with Gasteiger partial charge in [0.1, 0.15) is 23.7 Å². The summed E-state index contributed by atoms with van der Waals surface area (Å²) in [5.41, 5.74) is 1.64. The highest BCUT2D eigenvalue weighted by atomic mass is 16.3. The third-order valence-electron chi connectivity index (χ3n) is 4.58. The average Bonchev–Trinajstić information content (AvgIpc) is 3.21. The minimum atomic E-state index is -0.240. The summed E-state index contributed by atoms with van der Waals surface area (Å²) in [5, 5.41) is 6.93. The molecule has 2 N–H and O–H groups in total. The number of furan rings is 1. The first-order valence-corrected chi connectivity index (χ1v) is 8.54. The number of nitrogens with zero attached hydrogens (tertiary/aromatic N) is 4. The zero-order chi connectivity index (χ0) is 18.3. The Morgan fingerprint density at radius 3 is 2.81 bits per heavy atom. The van der Waals surface area contributed by atoms with Gasteiger partial charge in [-0.2, -0.15) is 0 Å². The molecule has 8 heteroatoms. The summed E-state index contributed by atoms with van der Waals surface area (Å²) >= 11 is 0. The predicted molar refractivity (Wildman–Crippen MR) is 95.7 cm³/mol. The Balaban J connectivity index is 1.64. The Bertz CT molecular complexity index is 993. The number of fused-ring (bicyclic) bond motifs is 1. The van der Waals surface area contributed by atoms with E-state index in [-0.39, 0.29) is 11.4 Å². The number of carbonyl (C=O) groups is 1. The van der Waals surface area contributed by atoms with Crippen molar-refractivity contribution in [2.75, 3.05) is 5.32 Å². The topological polar surface area (TPSA) is 106 Å². The molecule has 3 aromatic heterocycles. The van der Waals surface area contributed by atoms with E-state index in [1.54, 1.807) is 19.2 Å². The van der Waals surface area contributed by atoms with Gasteiger partial charge in [-0.15, -0.1) is 0 Å². The third kappa shape index (κ3) is 3.10. The predicted octanol–water partition coefficient (Wildman–Crippen LogP) is 2.52.